The van der Waals surface area contributed by atoms with Crippen LogP contribution in [0.15, 0.2) is 22.7 Å². The first-order valence-corrected chi connectivity index (χ1v) is 8.74. The number of likely N-dealkylation sites (tertiary alicyclic amines) is 1. The zero-order valence-electron chi connectivity index (χ0n) is 14.6. The van der Waals surface area contributed by atoms with Crippen molar-refractivity contribution in [1.82, 2.24) is 4.90 Å². The van der Waals surface area contributed by atoms with Gasteiger partial charge in [-0.15, -0.1) is 0 Å². The quantitative estimate of drug-likeness (QED) is 0.765. The van der Waals surface area contributed by atoms with Crippen molar-refractivity contribution in [3.63, 3.8) is 0 Å². The van der Waals surface area contributed by atoms with Crippen LogP contribution in [0.25, 0.3) is 0 Å². The van der Waals surface area contributed by atoms with E-state index >= 15 is 0 Å². The van der Waals surface area contributed by atoms with Gasteiger partial charge in [0.2, 0.25) is 5.91 Å². The van der Waals surface area contributed by atoms with Crippen LogP contribution in [0.3, 0.4) is 0 Å². The van der Waals surface area contributed by atoms with Gasteiger partial charge < -0.3 is 15.2 Å². The number of hydrogen-bond donors (Lipinski definition) is 2. The number of carbonyl (C=O) groups is 3. The normalized spacial score (nSPS) is 20.0. The van der Waals surface area contributed by atoms with E-state index in [0.29, 0.717) is 10.2 Å². The smallest absolute Gasteiger partial charge is 0.411 e. The van der Waals surface area contributed by atoms with E-state index in [9.17, 15) is 18.8 Å². The van der Waals surface area contributed by atoms with Crippen LogP contribution >= 0.6 is 15.9 Å². The Bertz CT molecular complexity index is 734. The third-order valence-corrected chi connectivity index (χ3v) is 4.30. The summed E-state index contributed by atoms with van der Waals surface area (Å²) in [6, 6.07) is 3.19. The summed E-state index contributed by atoms with van der Waals surface area (Å²) < 4.78 is 19.3. The largest absolute Gasteiger partial charge is 0.478 e. The molecule has 0 bridgehead atoms. The highest BCUT2D eigenvalue weighted by atomic mass is 79.9. The molecular formula is C17H20BrFN2O5. The number of carboxylic acids is 1. The number of ether oxygens (including phenoxy) is 1. The summed E-state index contributed by atoms with van der Waals surface area (Å²) in [6.07, 6.45) is -2.20. The van der Waals surface area contributed by atoms with Crippen molar-refractivity contribution in [2.75, 3.05) is 11.9 Å². The maximum Gasteiger partial charge on any atom is 0.411 e. The molecule has 2 N–H and O–H groups in total. The van der Waals surface area contributed by atoms with Gasteiger partial charge in [-0.25, -0.2) is 14.0 Å². The van der Waals surface area contributed by atoms with Crippen LogP contribution < -0.4 is 5.32 Å². The number of anilines is 1. The number of carbonyl (C=O) groups excluding carboxylic acids is 2. The first-order valence-electron chi connectivity index (χ1n) is 7.95. The van der Waals surface area contributed by atoms with Crippen molar-refractivity contribution in [2.45, 2.75) is 45.0 Å². The highest BCUT2D eigenvalue weighted by Crippen LogP contribution is 2.26. The van der Waals surface area contributed by atoms with E-state index in [1.165, 1.54) is 18.2 Å². The van der Waals surface area contributed by atoms with Gasteiger partial charge in [0.25, 0.3) is 0 Å². The zero-order valence-corrected chi connectivity index (χ0v) is 16.2. The van der Waals surface area contributed by atoms with Gasteiger partial charge >= 0.3 is 12.1 Å². The average Bonchev–Trinajstić information content (AvgIpc) is 2.87. The predicted molar refractivity (Wildman–Crippen MR) is 96.0 cm³/mol. The topological polar surface area (TPSA) is 95.9 Å². The Morgan fingerprint density at radius 2 is 2.00 bits per heavy atom. The number of carboxylic acid groups (broad SMARTS) is 1. The molecule has 1 aromatic rings. The summed E-state index contributed by atoms with van der Waals surface area (Å²) in [7, 11) is 0. The Balaban J connectivity index is 2.13. The Hall–Kier alpha value is -2.16. The van der Waals surface area contributed by atoms with Gasteiger partial charge in [0.05, 0.1) is 12.1 Å². The predicted octanol–water partition coefficient (Wildman–Crippen LogP) is 3.43. The molecule has 1 aromatic carbocycles. The second-order valence-electron chi connectivity index (χ2n) is 6.97. The molecule has 0 spiro atoms. The summed E-state index contributed by atoms with van der Waals surface area (Å²) in [4.78, 5) is 36.8. The van der Waals surface area contributed by atoms with Gasteiger partial charge in [-0.2, -0.15) is 0 Å². The van der Waals surface area contributed by atoms with Crippen molar-refractivity contribution >= 4 is 39.6 Å². The minimum Gasteiger partial charge on any atom is -0.478 e. The van der Waals surface area contributed by atoms with Crippen molar-refractivity contribution < 1.29 is 28.6 Å². The molecule has 1 fully saturated rings. The first kappa shape index (κ1) is 20.2. The molecule has 26 heavy (non-hydrogen) atoms. The molecule has 2 atom stereocenters. The fourth-order valence-corrected chi connectivity index (χ4v) is 3.10. The maximum absolute atomic E-state index is 13.8. The van der Waals surface area contributed by atoms with E-state index in [-0.39, 0.29) is 18.5 Å². The highest BCUT2D eigenvalue weighted by Gasteiger charge is 2.41. The van der Waals surface area contributed by atoms with Gasteiger partial charge in [-0.3, -0.25) is 9.69 Å². The molecule has 0 radical (unpaired) electrons. The van der Waals surface area contributed by atoms with Gasteiger partial charge in [-0.1, -0.05) is 0 Å². The van der Waals surface area contributed by atoms with E-state index in [0.717, 1.165) is 4.90 Å². The minimum absolute atomic E-state index is 0.0445. The van der Waals surface area contributed by atoms with Crippen LogP contribution in [0, 0.1) is 0 Å². The van der Waals surface area contributed by atoms with E-state index in [1.54, 1.807) is 20.8 Å². The number of rotatable bonds is 3. The van der Waals surface area contributed by atoms with Gasteiger partial charge in [0.15, 0.2) is 0 Å². The van der Waals surface area contributed by atoms with Crippen molar-refractivity contribution in [3.8, 4) is 0 Å². The average molecular weight is 431 g/mol. The van der Waals surface area contributed by atoms with Gasteiger partial charge in [-0.05, 0) is 54.9 Å². The molecule has 142 valence electrons. The van der Waals surface area contributed by atoms with Crippen molar-refractivity contribution in [1.29, 1.82) is 0 Å². The second kappa shape index (κ2) is 7.61. The number of hydrogen-bond acceptors (Lipinski definition) is 4. The lowest BCUT2D eigenvalue weighted by molar-refractivity contribution is -0.120. The summed E-state index contributed by atoms with van der Waals surface area (Å²) in [6.45, 7) is 4.84. The minimum atomic E-state index is -1.32. The monoisotopic (exact) mass is 430 g/mol. The first-order chi connectivity index (χ1) is 12.0. The molecule has 0 saturated carbocycles. The molecule has 1 aliphatic heterocycles. The number of benzene rings is 1. The van der Waals surface area contributed by atoms with Crippen LogP contribution in [-0.4, -0.2) is 52.3 Å². The second-order valence-corrected chi connectivity index (χ2v) is 7.82. The Labute approximate surface area is 158 Å². The summed E-state index contributed by atoms with van der Waals surface area (Å²) in [5.74, 6) is -1.67. The molecule has 1 heterocycles. The third kappa shape index (κ3) is 4.94. The molecule has 0 unspecified atom stereocenters. The Morgan fingerprint density at radius 3 is 2.54 bits per heavy atom. The van der Waals surface area contributed by atoms with Crippen molar-refractivity contribution in [3.05, 3.63) is 28.2 Å². The lowest BCUT2D eigenvalue weighted by Crippen LogP contribution is -2.45. The van der Waals surface area contributed by atoms with Gasteiger partial charge in [0.1, 0.15) is 17.8 Å². The van der Waals surface area contributed by atoms with Crippen LogP contribution in [0.2, 0.25) is 0 Å². The third-order valence-electron chi connectivity index (χ3n) is 3.65. The molecule has 0 aromatic heterocycles. The number of alkyl halides is 1. The molecule has 7 nitrogen and oxygen atoms in total. The number of nitrogens with one attached hydrogen (secondary N) is 1. The molecule has 1 aliphatic rings. The standard InChI is InChI=1S/C17H20BrFN2O5/c1-17(2,3)26-16(25)21-8-9(19)6-13(21)14(22)20-10-4-5-11(15(23)24)12(18)7-10/h4-5,7,9,13H,6,8H2,1-3H3,(H,20,22)(H,23,24)/t9-,13+/m1/s1. The Morgan fingerprint density at radius 1 is 1.35 bits per heavy atom. The number of halogens is 2. The number of aromatic carboxylic acids is 1. The lowest BCUT2D eigenvalue weighted by Gasteiger charge is -2.27. The maximum atomic E-state index is 13.8. The van der Waals surface area contributed by atoms with Crippen molar-refractivity contribution in [2.24, 2.45) is 0 Å². The molecule has 1 saturated heterocycles. The fourth-order valence-electron chi connectivity index (χ4n) is 2.55. The van der Waals surface area contributed by atoms with Crippen LogP contribution in [0.1, 0.15) is 37.6 Å². The molecule has 0 aliphatic carbocycles. The van der Waals surface area contributed by atoms with Crippen LogP contribution in [0.5, 0.6) is 0 Å². The van der Waals surface area contributed by atoms with E-state index in [4.69, 9.17) is 9.84 Å². The Kier molecular flexibility index (Phi) is 5.90. The van der Waals surface area contributed by atoms with E-state index in [1.807, 2.05) is 0 Å². The highest BCUT2D eigenvalue weighted by molar-refractivity contribution is 9.10. The molecule has 2 amide bonds. The van der Waals surface area contributed by atoms with E-state index < -0.39 is 35.8 Å². The fraction of sp³-hybridized carbons (Fsp3) is 0.471. The van der Waals surface area contributed by atoms with E-state index in [2.05, 4.69) is 21.2 Å². The molecular weight excluding hydrogens is 411 g/mol. The zero-order chi connectivity index (χ0) is 19.6. The number of amides is 2. The van der Waals surface area contributed by atoms with Crippen LogP contribution in [-0.2, 0) is 9.53 Å². The lowest BCUT2D eigenvalue weighted by atomic mass is 10.1. The molecule has 9 heteroatoms. The summed E-state index contributed by atoms with van der Waals surface area (Å²) >= 11 is 3.12. The van der Waals surface area contributed by atoms with Gasteiger partial charge in [0, 0.05) is 16.6 Å². The SMILES string of the molecule is CC(C)(C)OC(=O)N1C[C@H](F)C[C@H]1C(=O)Nc1ccc(C(=O)O)c(Br)c1. The summed E-state index contributed by atoms with van der Waals surface area (Å²) in [5.41, 5.74) is -0.384. The summed E-state index contributed by atoms with van der Waals surface area (Å²) in [5, 5.41) is 11.6. The van der Waals surface area contributed by atoms with Crippen LogP contribution in [0.4, 0.5) is 14.9 Å². The molecule has 2 rings (SSSR count). The number of nitrogens with zero attached hydrogens (tertiary/aromatic N) is 1.